The summed E-state index contributed by atoms with van der Waals surface area (Å²) in [6, 6.07) is 7.51. The van der Waals surface area contributed by atoms with Crippen molar-refractivity contribution in [2.75, 3.05) is 18.9 Å². The van der Waals surface area contributed by atoms with Crippen LogP contribution in [-0.2, 0) is 0 Å². The molecule has 98 valence electrons. The van der Waals surface area contributed by atoms with Crippen molar-refractivity contribution in [2.45, 2.75) is 6.42 Å². The van der Waals surface area contributed by atoms with Crippen LogP contribution in [0.5, 0.6) is 11.5 Å². The number of benzene rings is 1. The van der Waals surface area contributed by atoms with Gasteiger partial charge in [-0.1, -0.05) is 17.7 Å². The fourth-order valence-corrected chi connectivity index (χ4v) is 2.17. The van der Waals surface area contributed by atoms with E-state index in [0.717, 1.165) is 29.0 Å². The third kappa shape index (κ3) is 2.44. The van der Waals surface area contributed by atoms with E-state index in [9.17, 15) is 0 Å². The van der Waals surface area contributed by atoms with Gasteiger partial charge < -0.3 is 15.2 Å². The summed E-state index contributed by atoms with van der Waals surface area (Å²) in [6.45, 7) is 1.33. The Balaban J connectivity index is 2.06. The van der Waals surface area contributed by atoms with Crippen molar-refractivity contribution in [3.05, 3.63) is 35.5 Å². The molecule has 1 aliphatic rings. The lowest BCUT2D eigenvalue weighted by Crippen LogP contribution is -1.97. The molecule has 0 bridgehead atoms. The summed E-state index contributed by atoms with van der Waals surface area (Å²) in [6.07, 6.45) is 2.41. The summed E-state index contributed by atoms with van der Waals surface area (Å²) < 4.78 is 11.3. The fourth-order valence-electron chi connectivity index (χ4n) is 2.01. The molecule has 1 aromatic heterocycles. The number of aromatic nitrogens is 1. The number of nitrogens with zero attached hydrogens (tertiary/aromatic N) is 1. The van der Waals surface area contributed by atoms with Crippen molar-refractivity contribution in [3.8, 4) is 22.6 Å². The Hall–Kier alpha value is -1.94. The number of fused-ring (bicyclic) bond motifs is 1. The molecule has 0 radical (unpaired) electrons. The summed E-state index contributed by atoms with van der Waals surface area (Å²) >= 11 is 5.96. The van der Waals surface area contributed by atoms with E-state index >= 15 is 0 Å². The first kappa shape index (κ1) is 12.1. The van der Waals surface area contributed by atoms with E-state index in [-0.39, 0.29) is 0 Å². The molecule has 0 amide bonds. The number of ether oxygens (including phenoxy) is 2. The van der Waals surface area contributed by atoms with Crippen molar-refractivity contribution < 1.29 is 9.47 Å². The van der Waals surface area contributed by atoms with E-state index in [1.54, 1.807) is 6.07 Å². The van der Waals surface area contributed by atoms with Gasteiger partial charge in [0.05, 0.1) is 18.2 Å². The van der Waals surface area contributed by atoms with Crippen LogP contribution in [0.3, 0.4) is 0 Å². The second-order valence-corrected chi connectivity index (χ2v) is 4.73. The second kappa shape index (κ2) is 4.97. The van der Waals surface area contributed by atoms with Gasteiger partial charge in [-0.05, 0) is 23.8 Å². The standard InChI is InChI=1S/C14H13ClN2O2/c15-10-7-11(14(16)17-8-10)9-2-3-12-13(6-9)19-5-1-4-18-12/h2-3,6-8H,1,4-5H2,(H2,16,17). The van der Waals surface area contributed by atoms with Gasteiger partial charge in [0, 0.05) is 18.2 Å². The number of nitrogen functional groups attached to an aromatic ring is 1. The average molecular weight is 277 g/mol. The second-order valence-electron chi connectivity index (χ2n) is 4.30. The SMILES string of the molecule is Nc1ncc(Cl)cc1-c1ccc2c(c1)OCCCO2. The minimum atomic E-state index is 0.443. The van der Waals surface area contributed by atoms with E-state index < -0.39 is 0 Å². The molecule has 2 N–H and O–H groups in total. The summed E-state index contributed by atoms with van der Waals surface area (Å²) in [4.78, 5) is 4.06. The van der Waals surface area contributed by atoms with Gasteiger partial charge in [-0.25, -0.2) is 4.98 Å². The van der Waals surface area contributed by atoms with Crippen LogP contribution in [0.1, 0.15) is 6.42 Å². The van der Waals surface area contributed by atoms with Crippen LogP contribution in [-0.4, -0.2) is 18.2 Å². The topological polar surface area (TPSA) is 57.4 Å². The van der Waals surface area contributed by atoms with Gasteiger partial charge in [0.1, 0.15) is 5.82 Å². The van der Waals surface area contributed by atoms with Gasteiger partial charge in [-0.15, -0.1) is 0 Å². The van der Waals surface area contributed by atoms with Crippen molar-refractivity contribution in [1.29, 1.82) is 0 Å². The predicted octanol–water partition coefficient (Wildman–Crippen LogP) is 3.15. The first-order valence-electron chi connectivity index (χ1n) is 6.05. The maximum absolute atomic E-state index is 5.96. The van der Waals surface area contributed by atoms with Gasteiger partial charge >= 0.3 is 0 Å². The Bertz CT molecular complexity index is 616. The maximum Gasteiger partial charge on any atom is 0.161 e. The molecule has 19 heavy (non-hydrogen) atoms. The first-order valence-corrected chi connectivity index (χ1v) is 6.43. The molecule has 0 aliphatic carbocycles. The molecular weight excluding hydrogens is 264 g/mol. The van der Waals surface area contributed by atoms with Gasteiger partial charge in [0.25, 0.3) is 0 Å². The van der Waals surface area contributed by atoms with E-state index in [1.807, 2.05) is 18.2 Å². The molecule has 2 heterocycles. The third-order valence-corrected chi connectivity index (χ3v) is 3.15. The molecule has 0 fully saturated rings. The lowest BCUT2D eigenvalue weighted by molar-refractivity contribution is 0.297. The van der Waals surface area contributed by atoms with Gasteiger partial charge in [-0.2, -0.15) is 0 Å². The predicted molar refractivity (Wildman–Crippen MR) is 74.7 cm³/mol. The van der Waals surface area contributed by atoms with Gasteiger partial charge in [0.15, 0.2) is 11.5 Å². The Labute approximate surface area is 116 Å². The molecule has 5 heteroatoms. The molecule has 1 aliphatic heterocycles. The summed E-state index contributed by atoms with van der Waals surface area (Å²) in [5.74, 6) is 1.93. The minimum Gasteiger partial charge on any atom is -0.490 e. The highest BCUT2D eigenvalue weighted by atomic mass is 35.5. The van der Waals surface area contributed by atoms with Crippen LogP contribution >= 0.6 is 11.6 Å². The summed E-state index contributed by atoms with van der Waals surface area (Å²) in [5, 5.41) is 0.552. The van der Waals surface area contributed by atoms with Gasteiger partial charge in [-0.3, -0.25) is 0 Å². The van der Waals surface area contributed by atoms with Crippen LogP contribution in [0.15, 0.2) is 30.5 Å². The Morgan fingerprint density at radius 2 is 1.89 bits per heavy atom. The first-order chi connectivity index (χ1) is 9.24. The van der Waals surface area contributed by atoms with Crippen LogP contribution in [0.2, 0.25) is 5.02 Å². The normalized spacial score (nSPS) is 13.9. The number of rotatable bonds is 1. The van der Waals surface area contributed by atoms with Crippen LogP contribution in [0.25, 0.3) is 11.1 Å². The smallest absolute Gasteiger partial charge is 0.161 e. The fraction of sp³-hybridized carbons (Fsp3) is 0.214. The molecule has 3 rings (SSSR count). The number of pyridine rings is 1. The highest BCUT2D eigenvalue weighted by Crippen LogP contribution is 2.36. The molecule has 1 aromatic carbocycles. The third-order valence-electron chi connectivity index (χ3n) is 2.94. The highest BCUT2D eigenvalue weighted by Gasteiger charge is 2.13. The zero-order valence-corrected chi connectivity index (χ0v) is 11.0. The molecule has 0 spiro atoms. The van der Waals surface area contributed by atoms with E-state index in [0.29, 0.717) is 24.1 Å². The molecule has 2 aromatic rings. The highest BCUT2D eigenvalue weighted by molar-refractivity contribution is 6.30. The maximum atomic E-state index is 5.96. The lowest BCUT2D eigenvalue weighted by Gasteiger charge is -2.10. The molecule has 0 saturated heterocycles. The summed E-state index contributed by atoms with van der Waals surface area (Å²) in [7, 11) is 0. The lowest BCUT2D eigenvalue weighted by atomic mass is 10.1. The van der Waals surface area contributed by atoms with Crippen molar-refractivity contribution >= 4 is 17.4 Å². The molecule has 4 nitrogen and oxygen atoms in total. The number of hydrogen-bond donors (Lipinski definition) is 1. The van der Waals surface area contributed by atoms with E-state index in [2.05, 4.69) is 4.98 Å². The number of hydrogen-bond acceptors (Lipinski definition) is 4. The molecule has 0 atom stereocenters. The Kier molecular flexibility index (Phi) is 3.17. The van der Waals surface area contributed by atoms with Crippen molar-refractivity contribution in [3.63, 3.8) is 0 Å². The van der Waals surface area contributed by atoms with Crippen molar-refractivity contribution in [2.24, 2.45) is 0 Å². The van der Waals surface area contributed by atoms with E-state index in [4.69, 9.17) is 26.8 Å². The number of halogens is 1. The molecule has 0 unspecified atom stereocenters. The Morgan fingerprint density at radius 1 is 1.11 bits per heavy atom. The zero-order chi connectivity index (χ0) is 13.2. The Morgan fingerprint density at radius 3 is 2.74 bits per heavy atom. The largest absolute Gasteiger partial charge is 0.490 e. The zero-order valence-electron chi connectivity index (χ0n) is 10.2. The number of anilines is 1. The molecular formula is C14H13ClN2O2. The van der Waals surface area contributed by atoms with Crippen molar-refractivity contribution in [1.82, 2.24) is 4.98 Å². The van der Waals surface area contributed by atoms with Crippen LogP contribution < -0.4 is 15.2 Å². The molecule has 0 saturated carbocycles. The van der Waals surface area contributed by atoms with Gasteiger partial charge in [0.2, 0.25) is 0 Å². The van der Waals surface area contributed by atoms with E-state index in [1.165, 1.54) is 6.20 Å². The monoisotopic (exact) mass is 276 g/mol. The minimum absolute atomic E-state index is 0.443. The van der Waals surface area contributed by atoms with Crippen LogP contribution in [0, 0.1) is 0 Å². The average Bonchev–Trinajstić information content (AvgIpc) is 2.66. The van der Waals surface area contributed by atoms with Crippen LogP contribution in [0.4, 0.5) is 5.82 Å². The quantitative estimate of drug-likeness (QED) is 0.869. The number of nitrogens with two attached hydrogens (primary N) is 1. The summed E-state index contributed by atoms with van der Waals surface area (Å²) in [5.41, 5.74) is 7.59.